The molecule has 9 nitrogen and oxygen atoms in total. The first-order valence-corrected chi connectivity index (χ1v) is 13.9. The van der Waals surface area contributed by atoms with Crippen molar-refractivity contribution < 1.29 is 26.7 Å². The molecule has 5 rings (SSSR count). The minimum Gasteiger partial charge on any atom is -0.487 e. The predicted molar refractivity (Wildman–Crippen MR) is 138 cm³/mol. The highest BCUT2D eigenvalue weighted by molar-refractivity contribution is 7.92. The maximum Gasteiger partial charge on any atom is 0.266 e. The summed E-state index contributed by atoms with van der Waals surface area (Å²) >= 11 is 0. The summed E-state index contributed by atoms with van der Waals surface area (Å²) in [6.45, 7) is 0.466. The van der Waals surface area contributed by atoms with Crippen molar-refractivity contribution in [2.24, 2.45) is 7.05 Å². The van der Waals surface area contributed by atoms with E-state index in [1.165, 1.54) is 12.3 Å². The Kier molecular flexibility index (Phi) is 7.84. The Labute approximate surface area is 224 Å². The van der Waals surface area contributed by atoms with E-state index in [9.17, 15) is 8.42 Å². The molecule has 0 radical (unpaired) electrons. The molecule has 0 aliphatic heterocycles. The normalized spacial score (nSPS) is 19.5. The molecular weight excluding hydrogens is 528 g/mol. The van der Waals surface area contributed by atoms with Gasteiger partial charge < -0.3 is 9.47 Å². The van der Waals surface area contributed by atoms with E-state index in [-0.39, 0.29) is 23.6 Å². The van der Waals surface area contributed by atoms with Gasteiger partial charge in [0, 0.05) is 43.2 Å². The van der Waals surface area contributed by atoms with Gasteiger partial charge in [0.2, 0.25) is 0 Å². The van der Waals surface area contributed by atoms with E-state index in [1.807, 2.05) is 43.4 Å². The van der Waals surface area contributed by atoms with Gasteiger partial charge in [-0.15, -0.1) is 0 Å². The van der Waals surface area contributed by atoms with Crippen LogP contribution in [0.3, 0.4) is 0 Å². The summed E-state index contributed by atoms with van der Waals surface area (Å²) in [6, 6.07) is 14.4. The van der Waals surface area contributed by atoms with Crippen molar-refractivity contribution in [1.82, 2.24) is 19.7 Å². The summed E-state index contributed by atoms with van der Waals surface area (Å²) in [6.07, 6.45) is 5.32. The van der Waals surface area contributed by atoms with E-state index in [0.717, 1.165) is 23.7 Å². The number of ether oxygens (including phenoxy) is 2. The topological polar surface area (TPSA) is 108 Å². The van der Waals surface area contributed by atoms with Gasteiger partial charge in [0.15, 0.2) is 11.6 Å². The van der Waals surface area contributed by atoms with Crippen LogP contribution in [0.4, 0.5) is 14.6 Å². The first kappa shape index (κ1) is 26.7. The van der Waals surface area contributed by atoms with Crippen LogP contribution in [-0.2, 0) is 28.4 Å². The van der Waals surface area contributed by atoms with Crippen molar-refractivity contribution in [1.29, 1.82) is 0 Å². The molecule has 39 heavy (non-hydrogen) atoms. The van der Waals surface area contributed by atoms with Crippen LogP contribution in [0.2, 0.25) is 0 Å². The van der Waals surface area contributed by atoms with Crippen LogP contribution in [0, 0.1) is 11.6 Å². The quantitative estimate of drug-likeness (QED) is 0.322. The summed E-state index contributed by atoms with van der Waals surface area (Å²) in [5.74, 6) is -2.79. The average Bonchev–Trinajstić information content (AvgIpc) is 3.36. The average molecular weight is 556 g/mol. The summed E-state index contributed by atoms with van der Waals surface area (Å²) < 4.78 is 71.5. The fourth-order valence-electron chi connectivity index (χ4n) is 4.76. The lowest BCUT2D eigenvalue weighted by Gasteiger charge is -2.36. The molecule has 0 saturated heterocycles. The van der Waals surface area contributed by atoms with Crippen LogP contribution in [0.1, 0.15) is 36.4 Å². The van der Waals surface area contributed by atoms with Crippen molar-refractivity contribution in [2.75, 3.05) is 4.72 Å². The number of hydrogen-bond acceptors (Lipinski definition) is 7. The SMILES string of the molecule is Cn1nccc1C1CC(OCc2ccccc2)CCC1Oc1cc(F)c(S(=O)(=O)Nc2ccncn2)cc1F. The van der Waals surface area contributed by atoms with Crippen molar-refractivity contribution in [3.05, 3.63) is 96.2 Å². The molecule has 0 bridgehead atoms. The largest absolute Gasteiger partial charge is 0.487 e. The molecule has 1 N–H and O–H groups in total. The van der Waals surface area contributed by atoms with Gasteiger partial charge >= 0.3 is 0 Å². The maximum absolute atomic E-state index is 15.1. The Morgan fingerprint density at radius 3 is 2.59 bits per heavy atom. The van der Waals surface area contributed by atoms with Crippen LogP contribution in [0.15, 0.2) is 78.2 Å². The third-order valence-corrected chi connectivity index (χ3v) is 8.05. The first-order valence-electron chi connectivity index (χ1n) is 12.4. The van der Waals surface area contributed by atoms with Gasteiger partial charge in [-0.1, -0.05) is 30.3 Å². The van der Waals surface area contributed by atoms with Gasteiger partial charge in [0.25, 0.3) is 10.0 Å². The lowest BCUT2D eigenvalue weighted by molar-refractivity contribution is -0.0183. The standard InChI is InChI=1S/C27H27F2N5O4S/c1-34-23(9-12-32-34)20-13-19(37-16-18-5-3-2-4-6-18)7-8-24(20)38-25-14-22(29)26(15-21(25)28)39(35,36)33-27-10-11-30-17-31-27/h2-6,9-12,14-15,17,19-20,24H,7-8,13,16H2,1H3,(H,30,31,33). The van der Waals surface area contributed by atoms with E-state index in [4.69, 9.17) is 9.47 Å². The van der Waals surface area contributed by atoms with Crippen LogP contribution in [0.25, 0.3) is 0 Å². The monoisotopic (exact) mass is 555 g/mol. The summed E-state index contributed by atoms with van der Waals surface area (Å²) in [4.78, 5) is 6.59. The molecule has 204 valence electrons. The van der Waals surface area contributed by atoms with Crippen LogP contribution < -0.4 is 9.46 Å². The molecule has 1 fully saturated rings. The number of rotatable bonds is 9. The van der Waals surface area contributed by atoms with Crippen LogP contribution >= 0.6 is 0 Å². The minimum atomic E-state index is -4.44. The third kappa shape index (κ3) is 6.23. The molecule has 3 unspecified atom stereocenters. The van der Waals surface area contributed by atoms with Gasteiger partial charge in [0.1, 0.15) is 29.0 Å². The molecule has 2 aromatic carbocycles. The zero-order valence-electron chi connectivity index (χ0n) is 21.1. The Hall–Kier alpha value is -3.90. The summed E-state index contributed by atoms with van der Waals surface area (Å²) in [5, 5.41) is 4.26. The van der Waals surface area contributed by atoms with Gasteiger partial charge in [-0.2, -0.15) is 5.10 Å². The number of aryl methyl sites for hydroxylation is 1. The van der Waals surface area contributed by atoms with Gasteiger partial charge in [-0.25, -0.2) is 27.2 Å². The Morgan fingerprint density at radius 2 is 1.87 bits per heavy atom. The van der Waals surface area contributed by atoms with Gasteiger partial charge in [-0.05, 0) is 37.0 Å². The Morgan fingerprint density at radius 1 is 1.05 bits per heavy atom. The highest BCUT2D eigenvalue weighted by Crippen LogP contribution is 2.38. The number of anilines is 1. The van der Waals surface area contributed by atoms with E-state index in [2.05, 4.69) is 19.8 Å². The molecule has 1 aliphatic carbocycles. The van der Waals surface area contributed by atoms with Crippen molar-refractivity contribution in [2.45, 2.75) is 48.9 Å². The molecule has 3 atom stereocenters. The summed E-state index contributed by atoms with van der Waals surface area (Å²) in [7, 11) is -2.63. The summed E-state index contributed by atoms with van der Waals surface area (Å²) in [5.41, 5.74) is 1.94. The number of nitrogens with zero attached hydrogens (tertiary/aromatic N) is 4. The van der Waals surface area contributed by atoms with Gasteiger partial charge in [0.05, 0.1) is 12.7 Å². The van der Waals surface area contributed by atoms with Crippen molar-refractivity contribution in [3.8, 4) is 5.75 Å². The number of benzene rings is 2. The van der Waals surface area contributed by atoms with Crippen LogP contribution in [0.5, 0.6) is 5.75 Å². The molecule has 0 amide bonds. The third-order valence-electron chi connectivity index (χ3n) is 6.68. The molecule has 1 aliphatic rings. The lowest BCUT2D eigenvalue weighted by Crippen LogP contribution is -2.36. The Bertz CT molecular complexity index is 1520. The Balaban J connectivity index is 1.34. The van der Waals surface area contributed by atoms with E-state index >= 15 is 8.78 Å². The smallest absolute Gasteiger partial charge is 0.266 e. The predicted octanol–water partition coefficient (Wildman–Crippen LogP) is 4.59. The fraction of sp³-hybridized carbons (Fsp3) is 0.296. The fourth-order valence-corrected chi connectivity index (χ4v) is 5.84. The first-order chi connectivity index (χ1) is 18.8. The van der Waals surface area contributed by atoms with Crippen LogP contribution in [-0.4, -0.2) is 40.4 Å². The molecule has 2 heterocycles. The highest BCUT2D eigenvalue weighted by atomic mass is 32.2. The molecular formula is C27H27F2N5O4S. The van der Waals surface area contributed by atoms with Crippen molar-refractivity contribution >= 4 is 15.8 Å². The lowest BCUT2D eigenvalue weighted by atomic mass is 9.82. The number of aromatic nitrogens is 4. The molecule has 12 heteroatoms. The zero-order chi connectivity index (χ0) is 27.4. The molecule has 2 aromatic heterocycles. The zero-order valence-corrected chi connectivity index (χ0v) is 21.9. The number of hydrogen-bond donors (Lipinski definition) is 1. The second kappa shape index (κ2) is 11.5. The second-order valence-electron chi connectivity index (χ2n) is 9.29. The van der Waals surface area contributed by atoms with Crippen molar-refractivity contribution in [3.63, 3.8) is 0 Å². The maximum atomic E-state index is 15.1. The number of halogens is 2. The molecule has 0 spiro atoms. The van der Waals surface area contributed by atoms with E-state index in [1.54, 1.807) is 10.9 Å². The second-order valence-corrected chi connectivity index (χ2v) is 10.9. The van der Waals surface area contributed by atoms with E-state index in [0.29, 0.717) is 31.9 Å². The molecule has 4 aromatic rings. The van der Waals surface area contributed by atoms with Gasteiger partial charge in [-0.3, -0.25) is 9.40 Å². The number of nitrogens with one attached hydrogen (secondary N) is 1. The highest BCUT2D eigenvalue weighted by Gasteiger charge is 2.36. The van der Waals surface area contributed by atoms with E-state index < -0.39 is 32.7 Å². The molecule has 1 saturated carbocycles. The minimum absolute atomic E-state index is 0.0630. The number of sulfonamides is 1.